The maximum absolute atomic E-state index is 16.6. The van der Waals surface area contributed by atoms with Crippen LogP contribution in [-0.4, -0.2) is 92.6 Å². The second-order valence-electron chi connectivity index (χ2n) is 18.3. The standard InChI is InChI=1S/C45H52F2N8O6/c1-22(2)35(52-42(58)60-5)40(56)54-21-44(13-14-44)18-34(54)38-48-19-32(50-38)24-8-11-28-29-12-9-25(17-31(29)45(46,47)30(28)16-24)33-20-49-39(51-33)37-26-7-10-27(15-26)55(37)41(57)36(23(3)4)53-43(59)61-6/h8-9,11-12,16-17,19-20,22-23,26-27,34-37H,7,10,13-15,18,21H2,1-6H3,(H,48,50)(H,49,51)(H,52,58)(H,53,59)/t26-,27+,34+,35-,36-,37+/m1/s1. The van der Waals surface area contributed by atoms with Gasteiger partial charge in [0.1, 0.15) is 23.7 Å². The highest BCUT2D eigenvalue weighted by Gasteiger charge is 2.56. The molecule has 4 fully saturated rings. The van der Waals surface area contributed by atoms with E-state index in [2.05, 4.69) is 25.6 Å². The summed E-state index contributed by atoms with van der Waals surface area (Å²) in [5.74, 6) is -2.73. The van der Waals surface area contributed by atoms with Gasteiger partial charge >= 0.3 is 12.2 Å². The van der Waals surface area contributed by atoms with Crippen LogP contribution in [0.25, 0.3) is 33.6 Å². The molecule has 2 bridgehead atoms. The molecule has 4 heterocycles. The maximum Gasteiger partial charge on any atom is 0.407 e. The summed E-state index contributed by atoms with van der Waals surface area (Å²) in [6.45, 7) is 8.04. The van der Waals surface area contributed by atoms with Gasteiger partial charge in [0.25, 0.3) is 5.92 Å². The number of alkyl carbamates (subject to hydrolysis) is 2. The molecule has 2 aliphatic heterocycles. The van der Waals surface area contributed by atoms with Crippen LogP contribution < -0.4 is 10.6 Å². The van der Waals surface area contributed by atoms with Gasteiger partial charge in [0.15, 0.2) is 0 Å². The highest BCUT2D eigenvalue weighted by atomic mass is 19.3. The third-order valence-corrected chi connectivity index (χ3v) is 13.8. The van der Waals surface area contributed by atoms with E-state index in [1.54, 1.807) is 41.6 Å². The van der Waals surface area contributed by atoms with Gasteiger partial charge in [-0.1, -0.05) is 52.0 Å². The summed E-state index contributed by atoms with van der Waals surface area (Å²) >= 11 is 0. The zero-order valence-electron chi connectivity index (χ0n) is 35.2. The lowest BCUT2D eigenvalue weighted by atomic mass is 9.95. The lowest BCUT2D eigenvalue weighted by molar-refractivity contribution is -0.139. The number of nitrogens with one attached hydrogen (secondary N) is 4. The quantitative estimate of drug-likeness (QED) is 0.127. The minimum atomic E-state index is -3.31. The first-order valence-corrected chi connectivity index (χ1v) is 21.2. The van der Waals surface area contributed by atoms with Crippen LogP contribution in [0.15, 0.2) is 48.8 Å². The highest BCUT2D eigenvalue weighted by molar-refractivity contribution is 5.88. The van der Waals surface area contributed by atoms with Crippen molar-refractivity contribution in [2.75, 3.05) is 20.8 Å². The van der Waals surface area contributed by atoms with Gasteiger partial charge in [0, 0.05) is 34.8 Å². The van der Waals surface area contributed by atoms with Gasteiger partial charge in [0.2, 0.25) is 11.8 Å². The molecular weight excluding hydrogens is 787 g/mol. The molecule has 4 N–H and O–H groups in total. The second-order valence-corrected chi connectivity index (χ2v) is 18.3. The van der Waals surface area contributed by atoms with E-state index in [9.17, 15) is 19.2 Å². The number of methoxy groups -OCH3 is 2. The molecule has 2 aromatic carbocycles. The van der Waals surface area contributed by atoms with Crippen molar-refractivity contribution in [1.29, 1.82) is 0 Å². The monoisotopic (exact) mass is 838 g/mol. The number of carbonyl (C=O) groups is 4. The normalized spacial score (nSPS) is 23.6. The van der Waals surface area contributed by atoms with Gasteiger partial charge in [-0.3, -0.25) is 9.59 Å². The van der Waals surface area contributed by atoms with Crippen molar-refractivity contribution < 1.29 is 37.4 Å². The number of carbonyl (C=O) groups excluding carboxylic acids is 4. The molecule has 6 atom stereocenters. The van der Waals surface area contributed by atoms with Gasteiger partial charge in [-0.25, -0.2) is 19.6 Å². The third-order valence-electron chi connectivity index (χ3n) is 13.8. The molecule has 2 aromatic heterocycles. The van der Waals surface area contributed by atoms with Crippen molar-refractivity contribution in [1.82, 2.24) is 40.4 Å². The number of ether oxygens (including phenoxy) is 2. The molecule has 16 heteroatoms. The summed E-state index contributed by atoms with van der Waals surface area (Å²) in [5, 5.41) is 5.40. The average Bonchev–Trinajstić information content (AvgIpc) is 3.93. The van der Waals surface area contributed by atoms with E-state index >= 15 is 8.78 Å². The van der Waals surface area contributed by atoms with Gasteiger partial charge in [-0.05, 0) is 85.0 Å². The fourth-order valence-electron chi connectivity index (χ4n) is 10.3. The number of likely N-dealkylation sites (tertiary alicyclic amines) is 2. The maximum atomic E-state index is 16.6. The van der Waals surface area contributed by atoms with Gasteiger partial charge in [0.05, 0.1) is 50.1 Å². The number of aromatic nitrogens is 4. The Morgan fingerprint density at radius 2 is 1.33 bits per heavy atom. The van der Waals surface area contributed by atoms with Crippen LogP contribution in [0, 0.1) is 23.2 Å². The summed E-state index contributed by atoms with van der Waals surface area (Å²) in [6, 6.07) is 7.83. The number of amides is 4. The summed E-state index contributed by atoms with van der Waals surface area (Å²) in [6.07, 6.45) is 7.26. The van der Waals surface area contributed by atoms with Gasteiger partial charge in [-0.2, -0.15) is 8.78 Å². The second kappa shape index (κ2) is 15.0. The smallest absolute Gasteiger partial charge is 0.407 e. The predicted octanol–water partition coefficient (Wildman–Crippen LogP) is 7.45. The molecule has 14 nitrogen and oxygen atoms in total. The number of hydrogen-bond donors (Lipinski definition) is 4. The molecule has 0 unspecified atom stereocenters. The van der Waals surface area contributed by atoms with Crippen LogP contribution in [0.2, 0.25) is 0 Å². The Hall–Kier alpha value is -5.80. The van der Waals surface area contributed by atoms with E-state index in [1.165, 1.54) is 26.4 Å². The van der Waals surface area contributed by atoms with E-state index in [4.69, 9.17) is 14.5 Å². The van der Waals surface area contributed by atoms with Gasteiger partial charge in [-0.15, -0.1) is 0 Å². The summed E-state index contributed by atoms with van der Waals surface area (Å²) in [5.41, 5.74) is 2.87. The van der Waals surface area contributed by atoms with Crippen molar-refractivity contribution in [3.8, 4) is 33.6 Å². The van der Waals surface area contributed by atoms with Crippen LogP contribution in [0.4, 0.5) is 18.4 Å². The molecule has 0 radical (unpaired) electrons. The minimum absolute atomic E-state index is 0.00916. The summed E-state index contributed by atoms with van der Waals surface area (Å²) in [4.78, 5) is 72.0. The topological polar surface area (TPSA) is 175 Å². The first kappa shape index (κ1) is 40.6. The number of fused-ring (bicyclic) bond motifs is 5. The van der Waals surface area contributed by atoms with E-state index in [0.29, 0.717) is 51.8 Å². The van der Waals surface area contributed by atoms with Crippen molar-refractivity contribution >= 4 is 24.0 Å². The third kappa shape index (κ3) is 6.91. The molecule has 4 amide bonds. The van der Waals surface area contributed by atoms with Crippen molar-refractivity contribution in [2.45, 2.75) is 102 Å². The molecular formula is C45H52F2N8O6. The van der Waals surface area contributed by atoms with Gasteiger partial charge < -0.3 is 39.9 Å². The zero-order valence-corrected chi connectivity index (χ0v) is 35.2. The number of H-pyrrole nitrogens is 2. The number of nitrogens with zero attached hydrogens (tertiary/aromatic N) is 4. The molecule has 2 saturated carbocycles. The number of benzene rings is 2. The largest absolute Gasteiger partial charge is 0.453 e. The van der Waals surface area contributed by atoms with Crippen LogP contribution in [0.3, 0.4) is 0 Å². The number of aromatic amines is 2. The van der Waals surface area contributed by atoms with Crippen LogP contribution in [-0.2, 0) is 25.0 Å². The summed E-state index contributed by atoms with van der Waals surface area (Å²) < 4.78 is 42.8. The SMILES string of the molecule is COC(=O)N[C@@H](C(=O)N1CC2(CC2)C[C@H]1c1ncc(-c2ccc3c(c2)C(F)(F)c2cc(-c4cnc([C@@H]5[C@@H]6CC[C@@H](C6)N5C(=O)[C@H](NC(=O)OC)C(C)C)[nH]4)ccc2-3)[nH]1)C(C)C. The highest BCUT2D eigenvalue weighted by Crippen LogP contribution is 2.59. The molecule has 322 valence electrons. The molecule has 5 aliphatic rings. The fraction of sp³-hybridized carbons (Fsp3) is 0.511. The van der Waals surface area contributed by atoms with Crippen LogP contribution in [0.1, 0.15) is 101 Å². The summed E-state index contributed by atoms with van der Waals surface area (Å²) in [7, 11) is 2.53. The number of halogens is 2. The van der Waals surface area contributed by atoms with E-state index < -0.39 is 30.2 Å². The zero-order chi connectivity index (χ0) is 43.1. The van der Waals surface area contributed by atoms with Crippen molar-refractivity contribution in [3.05, 3.63) is 71.6 Å². The van der Waals surface area contributed by atoms with E-state index in [1.807, 2.05) is 32.6 Å². The Labute approximate surface area is 352 Å². The minimum Gasteiger partial charge on any atom is -0.453 e. The van der Waals surface area contributed by atoms with Crippen molar-refractivity contribution in [2.24, 2.45) is 23.2 Å². The molecule has 4 aromatic rings. The predicted molar refractivity (Wildman–Crippen MR) is 220 cm³/mol. The Morgan fingerprint density at radius 1 is 0.787 bits per heavy atom. The number of piperidine rings is 1. The van der Waals surface area contributed by atoms with Crippen LogP contribution >= 0.6 is 0 Å². The number of rotatable bonds is 10. The molecule has 3 aliphatic carbocycles. The lowest BCUT2D eigenvalue weighted by Crippen LogP contribution is -2.54. The number of alkyl halides is 2. The fourth-order valence-corrected chi connectivity index (χ4v) is 10.3. The van der Waals surface area contributed by atoms with E-state index in [-0.39, 0.29) is 64.2 Å². The van der Waals surface area contributed by atoms with Crippen LogP contribution in [0.5, 0.6) is 0 Å². The average molecular weight is 839 g/mol. The Morgan fingerprint density at radius 3 is 1.87 bits per heavy atom. The molecule has 2 saturated heterocycles. The Kier molecular flexibility index (Phi) is 9.97. The lowest BCUT2D eigenvalue weighted by Gasteiger charge is -2.37. The van der Waals surface area contributed by atoms with Crippen molar-refractivity contribution in [3.63, 3.8) is 0 Å². The number of imidazole rings is 2. The molecule has 1 spiro atoms. The molecule has 9 rings (SSSR count). The molecule has 61 heavy (non-hydrogen) atoms. The first-order valence-electron chi connectivity index (χ1n) is 21.2. The number of hydrogen-bond acceptors (Lipinski definition) is 8. The Bertz CT molecular complexity index is 2410. The first-order chi connectivity index (χ1) is 29.1. The van der Waals surface area contributed by atoms with E-state index in [0.717, 1.165) is 38.5 Å². The Balaban J connectivity index is 0.954.